The molecule has 0 saturated carbocycles. The fraction of sp³-hybridized carbons (Fsp3) is 0.588. The third kappa shape index (κ3) is 3.48. The predicted molar refractivity (Wildman–Crippen MR) is 83.2 cm³/mol. The average Bonchev–Trinajstić information content (AvgIpc) is 3.02. The smallest absolute Gasteiger partial charge is 0.237 e. The molecule has 0 radical (unpaired) electrons. The first-order valence-corrected chi connectivity index (χ1v) is 8.02. The summed E-state index contributed by atoms with van der Waals surface area (Å²) in [5.74, 6) is -0.301. The van der Waals surface area contributed by atoms with Gasteiger partial charge in [-0.15, -0.1) is 0 Å². The zero-order chi connectivity index (χ0) is 15.4. The van der Waals surface area contributed by atoms with Gasteiger partial charge in [0.1, 0.15) is 0 Å². The van der Waals surface area contributed by atoms with Crippen molar-refractivity contribution in [3.63, 3.8) is 0 Å². The van der Waals surface area contributed by atoms with Gasteiger partial charge in [-0.3, -0.25) is 9.69 Å². The Morgan fingerprint density at radius 3 is 2.50 bits per heavy atom. The maximum atomic E-state index is 12.3. The number of hydrogen-bond acceptors (Lipinski definition) is 4. The highest BCUT2D eigenvalue weighted by molar-refractivity contribution is 5.81. The van der Waals surface area contributed by atoms with Crippen LogP contribution in [0.1, 0.15) is 25.3 Å². The molecular weight excluding hydrogens is 280 g/mol. The lowest BCUT2D eigenvalue weighted by atomic mass is 10.0. The van der Waals surface area contributed by atoms with Crippen LogP contribution in [0, 0.1) is 0 Å². The molecule has 2 aliphatic heterocycles. The minimum Gasteiger partial charge on any atom is -0.351 e. The second kappa shape index (κ2) is 6.77. The van der Waals surface area contributed by atoms with Crippen molar-refractivity contribution in [2.45, 2.75) is 38.1 Å². The number of amides is 1. The summed E-state index contributed by atoms with van der Waals surface area (Å²) >= 11 is 0. The maximum absolute atomic E-state index is 12.3. The molecule has 0 aliphatic carbocycles. The summed E-state index contributed by atoms with van der Waals surface area (Å²) in [6, 6.07) is 9.86. The summed E-state index contributed by atoms with van der Waals surface area (Å²) in [5.41, 5.74) is 1.12. The van der Waals surface area contributed by atoms with Gasteiger partial charge in [-0.25, -0.2) is 0 Å². The molecule has 3 rings (SSSR count). The van der Waals surface area contributed by atoms with Crippen LogP contribution in [0.4, 0.5) is 0 Å². The van der Waals surface area contributed by atoms with Gasteiger partial charge in [-0.1, -0.05) is 30.3 Å². The Morgan fingerprint density at radius 2 is 1.86 bits per heavy atom. The molecule has 1 unspecified atom stereocenters. The van der Waals surface area contributed by atoms with E-state index < -0.39 is 0 Å². The second-order valence-corrected chi connectivity index (χ2v) is 6.02. The molecule has 1 spiro atoms. The minimum atomic E-state index is -0.378. The van der Waals surface area contributed by atoms with Crippen molar-refractivity contribution in [3.8, 4) is 0 Å². The van der Waals surface area contributed by atoms with Crippen LogP contribution in [0.2, 0.25) is 0 Å². The van der Waals surface area contributed by atoms with Gasteiger partial charge in [0.15, 0.2) is 5.79 Å². The molecular formula is C17H24N2O3. The van der Waals surface area contributed by atoms with E-state index in [9.17, 15) is 4.79 Å². The zero-order valence-electron chi connectivity index (χ0n) is 13.1. The fourth-order valence-corrected chi connectivity index (χ4v) is 3.14. The fourth-order valence-electron chi connectivity index (χ4n) is 3.14. The Balaban J connectivity index is 1.47. The number of piperidine rings is 1. The number of carbonyl (C=O) groups is 1. The van der Waals surface area contributed by atoms with E-state index in [1.165, 1.54) is 0 Å². The Hall–Kier alpha value is -1.43. The van der Waals surface area contributed by atoms with Crippen molar-refractivity contribution in [1.82, 2.24) is 10.2 Å². The lowest BCUT2D eigenvalue weighted by Crippen LogP contribution is -2.52. The van der Waals surface area contributed by atoms with Crippen LogP contribution in [0.15, 0.2) is 30.3 Å². The number of rotatable bonds is 4. The van der Waals surface area contributed by atoms with Gasteiger partial charge in [0.25, 0.3) is 0 Å². The number of nitrogens with one attached hydrogen (secondary N) is 1. The minimum absolute atomic E-state index is 0.0769. The first kappa shape index (κ1) is 15.5. The molecule has 1 aromatic carbocycles. The average molecular weight is 304 g/mol. The summed E-state index contributed by atoms with van der Waals surface area (Å²) in [7, 11) is 0. The Kier molecular flexibility index (Phi) is 4.76. The molecule has 1 amide bonds. The Morgan fingerprint density at radius 1 is 1.23 bits per heavy atom. The van der Waals surface area contributed by atoms with Crippen LogP contribution in [-0.2, 0) is 20.8 Å². The van der Waals surface area contributed by atoms with Crippen LogP contribution in [0.5, 0.6) is 0 Å². The van der Waals surface area contributed by atoms with Crippen molar-refractivity contribution in [3.05, 3.63) is 35.9 Å². The molecule has 1 N–H and O–H groups in total. The lowest BCUT2D eigenvalue weighted by molar-refractivity contribution is -0.188. The molecule has 2 heterocycles. The number of hydrogen-bond donors (Lipinski definition) is 1. The van der Waals surface area contributed by atoms with Gasteiger partial charge < -0.3 is 14.8 Å². The molecule has 0 aromatic heterocycles. The van der Waals surface area contributed by atoms with Gasteiger partial charge in [-0.2, -0.15) is 0 Å². The number of carbonyl (C=O) groups excluding carboxylic acids is 1. The number of nitrogens with zero attached hydrogens (tertiary/aromatic N) is 1. The zero-order valence-corrected chi connectivity index (χ0v) is 13.1. The van der Waals surface area contributed by atoms with Crippen LogP contribution < -0.4 is 5.32 Å². The monoisotopic (exact) mass is 304 g/mol. The van der Waals surface area contributed by atoms with Gasteiger partial charge in [-0.05, 0) is 12.5 Å². The van der Waals surface area contributed by atoms with Crippen molar-refractivity contribution >= 4 is 5.91 Å². The van der Waals surface area contributed by atoms with E-state index in [1.54, 1.807) is 0 Å². The van der Waals surface area contributed by atoms with Crippen molar-refractivity contribution in [1.29, 1.82) is 0 Å². The van der Waals surface area contributed by atoms with E-state index in [-0.39, 0.29) is 17.7 Å². The van der Waals surface area contributed by atoms with Gasteiger partial charge in [0.2, 0.25) is 5.91 Å². The summed E-state index contributed by atoms with van der Waals surface area (Å²) in [5, 5.41) is 3.01. The molecule has 1 atom stereocenters. The van der Waals surface area contributed by atoms with Gasteiger partial charge in [0, 0.05) is 32.5 Å². The van der Waals surface area contributed by atoms with E-state index in [1.807, 2.05) is 37.3 Å². The number of likely N-dealkylation sites (tertiary alicyclic amines) is 1. The summed E-state index contributed by atoms with van der Waals surface area (Å²) in [4.78, 5) is 14.5. The summed E-state index contributed by atoms with van der Waals surface area (Å²) in [6.45, 7) is 5.59. The largest absolute Gasteiger partial charge is 0.351 e. The quantitative estimate of drug-likeness (QED) is 0.916. The Bertz CT molecular complexity index is 490. The first-order chi connectivity index (χ1) is 10.7. The lowest BCUT2D eigenvalue weighted by Gasteiger charge is -2.39. The van der Waals surface area contributed by atoms with Crippen molar-refractivity contribution < 1.29 is 14.3 Å². The summed E-state index contributed by atoms with van der Waals surface area (Å²) < 4.78 is 11.5. The third-order valence-electron chi connectivity index (χ3n) is 4.61. The molecule has 2 aliphatic rings. The molecule has 2 fully saturated rings. The number of ether oxygens (including phenoxy) is 2. The van der Waals surface area contributed by atoms with E-state index in [0.29, 0.717) is 19.8 Å². The van der Waals surface area contributed by atoms with Crippen LogP contribution in [0.25, 0.3) is 0 Å². The highest BCUT2D eigenvalue weighted by Gasteiger charge is 2.41. The van der Waals surface area contributed by atoms with Crippen LogP contribution in [-0.4, -0.2) is 48.9 Å². The van der Waals surface area contributed by atoms with E-state index >= 15 is 0 Å². The molecule has 0 bridgehead atoms. The van der Waals surface area contributed by atoms with Gasteiger partial charge in [0.05, 0.1) is 19.3 Å². The highest BCUT2D eigenvalue weighted by atomic mass is 16.7. The topological polar surface area (TPSA) is 50.8 Å². The van der Waals surface area contributed by atoms with E-state index in [4.69, 9.17) is 9.47 Å². The predicted octanol–water partition coefficient (Wildman–Crippen LogP) is 1.53. The maximum Gasteiger partial charge on any atom is 0.237 e. The molecule has 5 heteroatoms. The van der Waals surface area contributed by atoms with Gasteiger partial charge >= 0.3 is 0 Å². The normalized spacial score (nSPS) is 22.6. The Labute approximate surface area is 131 Å². The van der Waals surface area contributed by atoms with Crippen LogP contribution in [0.3, 0.4) is 0 Å². The first-order valence-electron chi connectivity index (χ1n) is 8.02. The van der Waals surface area contributed by atoms with Crippen molar-refractivity contribution in [2.75, 3.05) is 26.3 Å². The van der Waals surface area contributed by atoms with Crippen LogP contribution >= 0.6 is 0 Å². The third-order valence-corrected chi connectivity index (χ3v) is 4.61. The summed E-state index contributed by atoms with van der Waals surface area (Å²) in [6.07, 6.45) is 1.67. The molecule has 2 saturated heterocycles. The second-order valence-electron chi connectivity index (χ2n) is 6.02. The molecule has 1 aromatic rings. The number of benzene rings is 1. The molecule has 5 nitrogen and oxygen atoms in total. The van der Waals surface area contributed by atoms with E-state index in [0.717, 1.165) is 31.5 Å². The standard InChI is InChI=1S/C17H24N2O3/c1-14(16(20)18-13-15-5-3-2-4-6-15)19-9-7-17(8-10-19)21-11-12-22-17/h2-6,14H,7-13H2,1H3,(H,18,20). The van der Waals surface area contributed by atoms with E-state index in [2.05, 4.69) is 10.2 Å². The SMILES string of the molecule is CC(C(=O)NCc1ccccc1)N1CCC2(CC1)OCCO2. The highest BCUT2D eigenvalue weighted by Crippen LogP contribution is 2.31. The van der Waals surface area contributed by atoms with Crippen molar-refractivity contribution in [2.24, 2.45) is 0 Å². The molecule has 22 heavy (non-hydrogen) atoms. The molecule has 120 valence electrons.